The molecule has 30 heavy (non-hydrogen) atoms. The Morgan fingerprint density at radius 2 is 0.700 bits per heavy atom. The van der Waals surface area contributed by atoms with Crippen molar-refractivity contribution in [2.75, 3.05) is 33.2 Å². The highest BCUT2D eigenvalue weighted by atomic mass is 15.1. The summed E-state index contributed by atoms with van der Waals surface area (Å²) in [5.41, 5.74) is 0. The maximum Gasteiger partial charge on any atom is -0.000664 e. The van der Waals surface area contributed by atoms with Gasteiger partial charge in [-0.3, -0.25) is 0 Å². The van der Waals surface area contributed by atoms with E-state index < -0.39 is 0 Å². The number of nitrogens with zero attached hydrogens (tertiary/aromatic N) is 1. The van der Waals surface area contributed by atoms with Crippen LogP contribution in [0.15, 0.2) is 0 Å². The van der Waals surface area contributed by atoms with E-state index in [4.69, 9.17) is 0 Å². The molecule has 0 aromatic rings. The molecule has 0 rings (SSSR count). The van der Waals surface area contributed by atoms with Gasteiger partial charge in [-0.25, -0.2) is 0 Å². The molecular formula is C28H60N2. The molecule has 0 aliphatic rings. The fraction of sp³-hybridized carbons (Fsp3) is 1.00. The molecule has 2 nitrogen and oxygen atoms in total. The average molecular weight is 425 g/mol. The Morgan fingerprint density at radius 1 is 0.400 bits per heavy atom. The van der Waals surface area contributed by atoms with Crippen molar-refractivity contribution in [3.8, 4) is 0 Å². The quantitative estimate of drug-likeness (QED) is 0.140. The van der Waals surface area contributed by atoms with E-state index in [1.807, 2.05) is 0 Å². The molecule has 0 aliphatic carbocycles. The van der Waals surface area contributed by atoms with Gasteiger partial charge in [0.15, 0.2) is 0 Å². The Bertz CT molecular complexity index is 292. The molecule has 0 aromatic heterocycles. The Kier molecular flexibility index (Phi) is 26.9. The number of hydrogen-bond donors (Lipinski definition) is 1. The minimum atomic E-state index is 1.16. The second-order valence-corrected chi connectivity index (χ2v) is 9.66. The van der Waals surface area contributed by atoms with Crippen LogP contribution < -0.4 is 5.32 Å². The van der Waals surface area contributed by atoms with Crippen LogP contribution in [0.3, 0.4) is 0 Å². The van der Waals surface area contributed by atoms with Crippen LogP contribution in [0.25, 0.3) is 0 Å². The molecule has 0 saturated carbocycles. The lowest BCUT2D eigenvalue weighted by atomic mass is 10.0. The maximum atomic E-state index is 3.31. The predicted molar refractivity (Wildman–Crippen MR) is 139 cm³/mol. The Balaban J connectivity index is 3.51. The van der Waals surface area contributed by atoms with Gasteiger partial charge in [-0.15, -0.1) is 0 Å². The van der Waals surface area contributed by atoms with Gasteiger partial charge in [-0.05, 0) is 52.5 Å². The lowest BCUT2D eigenvalue weighted by molar-refractivity contribution is 0.257. The normalized spacial score (nSPS) is 11.6. The topological polar surface area (TPSA) is 15.3 Å². The molecule has 0 unspecified atom stereocenters. The van der Waals surface area contributed by atoms with E-state index in [0.717, 1.165) is 6.54 Å². The minimum absolute atomic E-state index is 1.16. The van der Waals surface area contributed by atoms with Crippen molar-refractivity contribution < 1.29 is 0 Å². The second kappa shape index (κ2) is 27.0. The molecule has 0 bridgehead atoms. The predicted octanol–water partition coefficient (Wildman–Crippen LogP) is 8.74. The van der Waals surface area contributed by atoms with Crippen molar-refractivity contribution in [2.45, 2.75) is 149 Å². The van der Waals surface area contributed by atoms with Gasteiger partial charge in [0.1, 0.15) is 0 Å². The summed E-state index contributed by atoms with van der Waals surface area (Å²) in [6.45, 7) is 9.71. The summed E-state index contributed by atoms with van der Waals surface area (Å²) in [5.74, 6) is 0. The van der Waals surface area contributed by atoms with Crippen molar-refractivity contribution in [2.24, 2.45) is 0 Å². The molecule has 0 heterocycles. The first kappa shape index (κ1) is 29.9. The zero-order chi connectivity index (χ0) is 22.0. The Labute approximate surface area is 192 Å². The summed E-state index contributed by atoms with van der Waals surface area (Å²) < 4.78 is 0. The Hall–Kier alpha value is -0.0800. The van der Waals surface area contributed by atoms with Crippen molar-refractivity contribution in [3.63, 3.8) is 0 Å². The molecule has 0 spiro atoms. The first-order valence-corrected chi connectivity index (χ1v) is 14.2. The van der Waals surface area contributed by atoms with Gasteiger partial charge < -0.3 is 10.2 Å². The lowest BCUT2D eigenvalue weighted by Crippen LogP contribution is -2.29. The lowest BCUT2D eigenvalue weighted by Gasteiger charge is -2.22. The molecule has 0 radical (unpaired) electrons. The van der Waals surface area contributed by atoms with E-state index in [0.29, 0.717) is 0 Å². The standard InChI is InChI=1S/C28H60N2/c1-4-6-8-10-12-13-14-15-16-17-18-19-21-23-27-30(28-24-25-29-3)26-22-20-11-9-7-5-2/h29H,4-28H2,1-3H3. The van der Waals surface area contributed by atoms with E-state index in [-0.39, 0.29) is 0 Å². The second-order valence-electron chi connectivity index (χ2n) is 9.66. The molecule has 0 atom stereocenters. The van der Waals surface area contributed by atoms with Crippen LogP contribution >= 0.6 is 0 Å². The third kappa shape index (κ3) is 24.2. The minimum Gasteiger partial charge on any atom is -0.320 e. The highest BCUT2D eigenvalue weighted by Crippen LogP contribution is 2.13. The summed E-state index contributed by atoms with van der Waals surface area (Å²) >= 11 is 0. The summed E-state index contributed by atoms with van der Waals surface area (Å²) in [5, 5.41) is 3.31. The van der Waals surface area contributed by atoms with Crippen LogP contribution in [0.4, 0.5) is 0 Å². The summed E-state index contributed by atoms with van der Waals surface area (Å²) in [6, 6.07) is 0. The van der Waals surface area contributed by atoms with Crippen molar-refractivity contribution in [3.05, 3.63) is 0 Å². The van der Waals surface area contributed by atoms with Gasteiger partial charge in [0.25, 0.3) is 0 Å². The number of rotatable bonds is 26. The molecule has 0 saturated heterocycles. The number of hydrogen-bond acceptors (Lipinski definition) is 2. The first-order valence-electron chi connectivity index (χ1n) is 14.2. The Morgan fingerprint density at radius 3 is 1.03 bits per heavy atom. The smallest absolute Gasteiger partial charge is 0.000664 e. The van der Waals surface area contributed by atoms with Crippen LogP contribution in [0.2, 0.25) is 0 Å². The molecule has 1 N–H and O–H groups in total. The average Bonchev–Trinajstić information content (AvgIpc) is 2.76. The number of unbranched alkanes of at least 4 members (excludes halogenated alkanes) is 18. The summed E-state index contributed by atoms with van der Waals surface area (Å²) in [4.78, 5) is 2.75. The van der Waals surface area contributed by atoms with Crippen LogP contribution in [-0.2, 0) is 0 Å². The van der Waals surface area contributed by atoms with Crippen molar-refractivity contribution in [1.29, 1.82) is 0 Å². The van der Waals surface area contributed by atoms with Crippen LogP contribution in [0.5, 0.6) is 0 Å². The molecule has 2 heteroatoms. The van der Waals surface area contributed by atoms with Gasteiger partial charge >= 0.3 is 0 Å². The van der Waals surface area contributed by atoms with E-state index in [9.17, 15) is 0 Å². The highest BCUT2D eigenvalue weighted by Gasteiger charge is 2.04. The van der Waals surface area contributed by atoms with E-state index in [1.165, 1.54) is 154 Å². The monoisotopic (exact) mass is 424 g/mol. The summed E-state index contributed by atoms with van der Waals surface area (Å²) in [7, 11) is 2.08. The third-order valence-electron chi connectivity index (χ3n) is 6.56. The largest absolute Gasteiger partial charge is 0.320 e. The third-order valence-corrected chi connectivity index (χ3v) is 6.56. The van der Waals surface area contributed by atoms with Gasteiger partial charge in [-0.1, -0.05) is 129 Å². The van der Waals surface area contributed by atoms with Gasteiger partial charge in [0.05, 0.1) is 0 Å². The zero-order valence-electron chi connectivity index (χ0n) is 21.6. The number of nitrogens with one attached hydrogen (secondary N) is 1. The molecule has 182 valence electrons. The SMILES string of the molecule is CCCCCCCCCCCCCCCCN(CCCCCCCC)CCCNC. The van der Waals surface area contributed by atoms with E-state index in [2.05, 4.69) is 31.1 Å². The van der Waals surface area contributed by atoms with Gasteiger partial charge in [0, 0.05) is 0 Å². The van der Waals surface area contributed by atoms with Gasteiger partial charge in [0.2, 0.25) is 0 Å². The molecular weight excluding hydrogens is 364 g/mol. The fourth-order valence-corrected chi connectivity index (χ4v) is 4.46. The van der Waals surface area contributed by atoms with Crippen molar-refractivity contribution >= 4 is 0 Å². The maximum absolute atomic E-state index is 3.31. The van der Waals surface area contributed by atoms with E-state index in [1.54, 1.807) is 0 Å². The van der Waals surface area contributed by atoms with Crippen molar-refractivity contribution in [1.82, 2.24) is 10.2 Å². The van der Waals surface area contributed by atoms with Crippen LogP contribution in [0, 0.1) is 0 Å². The van der Waals surface area contributed by atoms with E-state index >= 15 is 0 Å². The molecule has 0 aliphatic heterocycles. The highest BCUT2D eigenvalue weighted by molar-refractivity contribution is 4.60. The summed E-state index contributed by atoms with van der Waals surface area (Å²) in [6.07, 6.45) is 30.2. The fourth-order valence-electron chi connectivity index (χ4n) is 4.46. The van der Waals surface area contributed by atoms with Crippen LogP contribution in [0.1, 0.15) is 149 Å². The molecule has 0 amide bonds. The first-order chi connectivity index (χ1) is 14.8. The molecule has 0 fully saturated rings. The van der Waals surface area contributed by atoms with Gasteiger partial charge in [-0.2, -0.15) is 0 Å². The van der Waals surface area contributed by atoms with Crippen LogP contribution in [-0.4, -0.2) is 38.1 Å². The zero-order valence-corrected chi connectivity index (χ0v) is 21.6. The molecule has 0 aromatic carbocycles.